The second-order valence-electron chi connectivity index (χ2n) is 4.43. The van der Waals surface area contributed by atoms with E-state index < -0.39 is 10.0 Å². The van der Waals surface area contributed by atoms with E-state index in [0.29, 0.717) is 17.8 Å². The lowest BCUT2D eigenvalue weighted by molar-refractivity contribution is 0.572. The normalized spacial score (nSPS) is 11.7. The maximum Gasteiger partial charge on any atom is 0.258 e. The molecule has 0 radical (unpaired) electrons. The van der Waals surface area contributed by atoms with Gasteiger partial charge < -0.3 is 5.32 Å². The first-order chi connectivity index (χ1) is 10.1. The molecule has 0 aliphatic heterocycles. The number of rotatable bonds is 8. The summed E-state index contributed by atoms with van der Waals surface area (Å²) in [5.41, 5.74) is 1.21. The maximum atomic E-state index is 12.3. The Morgan fingerprint density at radius 3 is 2.90 bits per heavy atom. The minimum Gasteiger partial charge on any atom is -0.313 e. The number of nitrogens with zero attached hydrogens (tertiary/aromatic N) is 3. The Morgan fingerprint density at radius 2 is 2.19 bits per heavy atom. The molecule has 0 fully saturated rings. The molecule has 2 aromatic heterocycles. The van der Waals surface area contributed by atoms with Gasteiger partial charge in [0, 0.05) is 18.3 Å². The zero-order valence-corrected chi connectivity index (χ0v) is 12.5. The van der Waals surface area contributed by atoms with Gasteiger partial charge in [0.15, 0.2) is 5.03 Å². The second-order valence-corrected chi connectivity index (χ2v) is 6.13. The van der Waals surface area contributed by atoms with Crippen LogP contribution in [0.15, 0.2) is 29.8 Å². The summed E-state index contributed by atoms with van der Waals surface area (Å²) in [6.07, 6.45) is 5.43. The van der Waals surface area contributed by atoms with Gasteiger partial charge in [-0.2, -0.15) is 5.10 Å². The van der Waals surface area contributed by atoms with Crippen molar-refractivity contribution in [3.05, 3.63) is 36.0 Å². The van der Waals surface area contributed by atoms with Gasteiger partial charge in [-0.05, 0) is 19.0 Å². The van der Waals surface area contributed by atoms with E-state index in [1.54, 1.807) is 12.3 Å². The summed E-state index contributed by atoms with van der Waals surface area (Å²) >= 11 is 0. The molecule has 0 saturated heterocycles. The lowest BCUT2D eigenvalue weighted by atomic mass is 10.3. The van der Waals surface area contributed by atoms with Crippen molar-refractivity contribution < 1.29 is 8.42 Å². The Morgan fingerprint density at radius 1 is 1.33 bits per heavy atom. The van der Waals surface area contributed by atoms with Crippen LogP contribution < -0.4 is 10.0 Å². The highest BCUT2D eigenvalue weighted by molar-refractivity contribution is 7.89. The van der Waals surface area contributed by atoms with Gasteiger partial charge in [0.1, 0.15) is 6.33 Å². The quantitative estimate of drug-likeness (QED) is 0.599. The van der Waals surface area contributed by atoms with Crippen LogP contribution in [0.1, 0.15) is 24.6 Å². The predicted octanol–water partition coefficient (Wildman–Crippen LogP) is 0.178. The Labute approximate surface area is 123 Å². The third kappa shape index (κ3) is 4.31. The molecule has 0 amide bonds. The highest BCUT2D eigenvalue weighted by Crippen LogP contribution is 2.11. The zero-order chi connectivity index (χ0) is 15.1. The zero-order valence-electron chi connectivity index (χ0n) is 11.7. The molecule has 3 N–H and O–H groups in total. The first kappa shape index (κ1) is 15.5. The van der Waals surface area contributed by atoms with Crippen LogP contribution in [0.4, 0.5) is 0 Å². The molecule has 0 aromatic carbocycles. The molecular formula is C12H18N6O2S. The molecule has 0 spiro atoms. The summed E-state index contributed by atoms with van der Waals surface area (Å²) in [7, 11) is -3.65. The molecule has 21 heavy (non-hydrogen) atoms. The van der Waals surface area contributed by atoms with Gasteiger partial charge >= 0.3 is 0 Å². The van der Waals surface area contributed by atoms with Crippen LogP contribution in [0.5, 0.6) is 0 Å². The number of nitrogens with one attached hydrogen (secondary N) is 3. The fraction of sp³-hybridized carbons (Fsp3) is 0.417. The van der Waals surface area contributed by atoms with Gasteiger partial charge in [0.2, 0.25) is 0 Å². The average molecular weight is 310 g/mol. The maximum absolute atomic E-state index is 12.3. The molecule has 2 rings (SSSR count). The van der Waals surface area contributed by atoms with Gasteiger partial charge in [-0.15, -0.1) is 0 Å². The summed E-state index contributed by atoms with van der Waals surface area (Å²) < 4.78 is 27.0. The number of sulfonamides is 1. The van der Waals surface area contributed by atoms with Gasteiger partial charge in [-0.25, -0.2) is 23.1 Å². The monoisotopic (exact) mass is 310 g/mol. The van der Waals surface area contributed by atoms with Crippen molar-refractivity contribution in [2.24, 2.45) is 0 Å². The molecule has 2 aromatic rings. The van der Waals surface area contributed by atoms with E-state index >= 15 is 0 Å². The molecule has 8 nitrogen and oxygen atoms in total. The molecule has 0 aliphatic carbocycles. The first-order valence-electron chi connectivity index (χ1n) is 6.61. The molecule has 0 bridgehead atoms. The SMILES string of the molecule is CCCNCc1cn[nH]c1S(=O)(=O)NCc1ccncn1. The van der Waals surface area contributed by atoms with Crippen molar-refractivity contribution >= 4 is 10.0 Å². The Hall–Kier alpha value is -1.84. The second kappa shape index (κ2) is 7.25. The number of aromatic nitrogens is 4. The summed E-state index contributed by atoms with van der Waals surface area (Å²) in [5.74, 6) is 0. The highest BCUT2D eigenvalue weighted by Gasteiger charge is 2.20. The van der Waals surface area contributed by atoms with E-state index in [1.807, 2.05) is 6.92 Å². The number of hydrogen-bond acceptors (Lipinski definition) is 6. The molecule has 0 aliphatic rings. The molecule has 0 atom stereocenters. The smallest absolute Gasteiger partial charge is 0.258 e. The number of aromatic amines is 1. The largest absolute Gasteiger partial charge is 0.313 e. The van der Waals surface area contributed by atoms with E-state index in [2.05, 4.69) is 30.2 Å². The molecule has 9 heteroatoms. The van der Waals surface area contributed by atoms with Crippen LogP contribution in [-0.2, 0) is 23.1 Å². The minimum atomic E-state index is -3.65. The van der Waals surface area contributed by atoms with Gasteiger partial charge in [0.05, 0.1) is 18.4 Å². The Bertz CT molecular complexity index is 655. The van der Waals surface area contributed by atoms with Crippen molar-refractivity contribution in [2.45, 2.75) is 31.5 Å². The molecule has 0 saturated carbocycles. The van der Waals surface area contributed by atoms with Gasteiger partial charge in [0.25, 0.3) is 10.0 Å². The molecule has 2 heterocycles. The first-order valence-corrected chi connectivity index (χ1v) is 8.09. The van der Waals surface area contributed by atoms with Crippen LogP contribution in [-0.4, -0.2) is 35.1 Å². The van der Waals surface area contributed by atoms with Crippen molar-refractivity contribution in [3.63, 3.8) is 0 Å². The summed E-state index contributed by atoms with van der Waals surface area (Å²) in [6, 6.07) is 1.65. The summed E-state index contributed by atoms with van der Waals surface area (Å²) in [4.78, 5) is 7.75. The average Bonchev–Trinajstić information content (AvgIpc) is 2.96. The van der Waals surface area contributed by atoms with Crippen LogP contribution in [0.3, 0.4) is 0 Å². The third-order valence-corrected chi connectivity index (χ3v) is 4.19. The van der Waals surface area contributed by atoms with E-state index in [0.717, 1.165) is 13.0 Å². The van der Waals surface area contributed by atoms with Gasteiger partial charge in [-0.3, -0.25) is 5.10 Å². The summed E-state index contributed by atoms with van der Waals surface area (Å²) in [5, 5.41) is 9.58. The number of H-pyrrole nitrogens is 1. The number of hydrogen-bond donors (Lipinski definition) is 3. The van der Waals surface area contributed by atoms with Crippen LogP contribution in [0.25, 0.3) is 0 Å². The van der Waals surface area contributed by atoms with E-state index in [4.69, 9.17) is 0 Å². The van der Waals surface area contributed by atoms with Crippen LogP contribution in [0, 0.1) is 0 Å². The predicted molar refractivity (Wildman–Crippen MR) is 76.6 cm³/mol. The van der Waals surface area contributed by atoms with E-state index in [-0.39, 0.29) is 11.6 Å². The van der Waals surface area contributed by atoms with Gasteiger partial charge in [-0.1, -0.05) is 6.92 Å². The summed E-state index contributed by atoms with van der Waals surface area (Å²) in [6.45, 7) is 3.42. The van der Waals surface area contributed by atoms with Crippen molar-refractivity contribution in [2.75, 3.05) is 6.54 Å². The topological polar surface area (TPSA) is 113 Å². The van der Waals surface area contributed by atoms with Crippen molar-refractivity contribution in [1.29, 1.82) is 0 Å². The lowest BCUT2D eigenvalue weighted by Crippen LogP contribution is -2.26. The Balaban J connectivity index is 2.04. The fourth-order valence-corrected chi connectivity index (χ4v) is 2.85. The molecular weight excluding hydrogens is 292 g/mol. The Kier molecular flexibility index (Phi) is 5.37. The highest BCUT2D eigenvalue weighted by atomic mass is 32.2. The molecule has 0 unspecified atom stereocenters. The fourth-order valence-electron chi connectivity index (χ4n) is 1.72. The molecule has 114 valence electrons. The van der Waals surface area contributed by atoms with Crippen molar-refractivity contribution in [3.8, 4) is 0 Å². The van der Waals surface area contributed by atoms with Crippen LogP contribution >= 0.6 is 0 Å². The van der Waals surface area contributed by atoms with Crippen LogP contribution in [0.2, 0.25) is 0 Å². The third-order valence-electron chi connectivity index (χ3n) is 2.78. The van der Waals surface area contributed by atoms with Crippen molar-refractivity contribution in [1.82, 2.24) is 30.2 Å². The van der Waals surface area contributed by atoms with E-state index in [9.17, 15) is 8.42 Å². The van der Waals surface area contributed by atoms with E-state index in [1.165, 1.54) is 12.5 Å². The standard InChI is InChI=1S/C12H18N6O2S/c1-2-4-13-6-10-7-16-18-12(10)21(19,20)17-8-11-3-5-14-9-15-11/h3,5,7,9,13,17H,2,4,6,8H2,1H3,(H,16,18). The minimum absolute atomic E-state index is 0.0835. The lowest BCUT2D eigenvalue weighted by Gasteiger charge is -2.07.